The zero-order chi connectivity index (χ0) is 30.5. The molecule has 0 unspecified atom stereocenters. The van der Waals surface area contributed by atoms with Crippen molar-refractivity contribution in [3.63, 3.8) is 0 Å². The summed E-state index contributed by atoms with van der Waals surface area (Å²) in [6, 6.07) is 16.6. The number of halogens is 3. The van der Waals surface area contributed by atoms with E-state index >= 15 is 0 Å². The van der Waals surface area contributed by atoms with Crippen LogP contribution in [0.2, 0.25) is 0 Å². The van der Waals surface area contributed by atoms with Gasteiger partial charge in [0.15, 0.2) is 5.75 Å². The van der Waals surface area contributed by atoms with Gasteiger partial charge < -0.3 is 0 Å². The fraction of sp³-hybridized carbons (Fsp3) is 0.367. The lowest BCUT2D eigenvalue weighted by Gasteiger charge is -2.34. The van der Waals surface area contributed by atoms with Crippen LogP contribution in [0.25, 0.3) is 10.8 Å². The van der Waals surface area contributed by atoms with E-state index in [9.17, 15) is 36.0 Å². The Morgan fingerprint density at radius 1 is 0.884 bits per heavy atom. The van der Waals surface area contributed by atoms with Crippen LogP contribution in [0.1, 0.15) is 39.9 Å². The minimum atomic E-state index is -4.77. The maximum absolute atomic E-state index is 13.4. The number of rotatable bonds is 7. The number of carbonyl (C=O) groups is 3. The lowest BCUT2D eigenvalue weighted by Crippen LogP contribution is -2.53. The molecule has 3 amide bonds. The molecule has 0 radical (unpaired) electrons. The zero-order valence-corrected chi connectivity index (χ0v) is 23.9. The lowest BCUT2D eigenvalue weighted by atomic mass is 9.95. The van der Waals surface area contributed by atoms with Gasteiger partial charge in [0.25, 0.3) is 5.91 Å². The summed E-state index contributed by atoms with van der Waals surface area (Å²) in [4.78, 5) is 41.1. The predicted molar refractivity (Wildman–Crippen MR) is 153 cm³/mol. The third-order valence-electron chi connectivity index (χ3n) is 8.23. The Balaban J connectivity index is 1.13. The molecule has 0 saturated carbocycles. The van der Waals surface area contributed by atoms with Gasteiger partial charge in [-0.25, -0.2) is 8.42 Å². The van der Waals surface area contributed by atoms with Crippen LogP contribution in [0.15, 0.2) is 54.6 Å². The summed E-state index contributed by atoms with van der Waals surface area (Å²) in [5.74, 6) is -2.90. The van der Waals surface area contributed by atoms with Crippen LogP contribution in [0, 0.1) is 0 Å². The average molecular weight is 615 g/mol. The summed E-state index contributed by atoms with van der Waals surface area (Å²) < 4.78 is 62.9. The number of piperazine rings is 1. The van der Waals surface area contributed by atoms with Gasteiger partial charge in [-0.2, -0.15) is 17.5 Å². The number of amides is 3. The molecule has 6 rings (SSSR count). The Morgan fingerprint density at radius 2 is 1.58 bits per heavy atom. The summed E-state index contributed by atoms with van der Waals surface area (Å²) in [6.45, 7) is 1.27. The Morgan fingerprint density at radius 3 is 2.26 bits per heavy atom. The maximum Gasteiger partial charge on any atom is 0.404 e. The first kappa shape index (κ1) is 29.3. The summed E-state index contributed by atoms with van der Waals surface area (Å²) in [6.07, 6.45) is -3.72. The fourth-order valence-corrected chi connectivity index (χ4v) is 7.48. The molecule has 43 heavy (non-hydrogen) atoms. The Hall–Kier alpha value is -3.81. The lowest BCUT2D eigenvalue weighted by molar-refractivity contribution is -0.134. The van der Waals surface area contributed by atoms with Crippen LogP contribution >= 0.6 is 0 Å². The zero-order valence-electron chi connectivity index (χ0n) is 23.1. The van der Waals surface area contributed by atoms with Gasteiger partial charge in [0.1, 0.15) is 6.04 Å². The second kappa shape index (κ2) is 11.0. The van der Waals surface area contributed by atoms with E-state index in [0.29, 0.717) is 37.3 Å². The molecule has 3 aromatic rings. The average Bonchev–Trinajstić information content (AvgIpc) is 3.23. The van der Waals surface area contributed by atoms with E-state index in [4.69, 9.17) is 0 Å². The summed E-state index contributed by atoms with van der Waals surface area (Å²) in [5.41, 5.74) is 4.25. The topological polar surface area (TPSA) is 107 Å². The number of imide groups is 1. The molecule has 0 aliphatic carbocycles. The molecular weight excluding hydrogens is 585 g/mol. The van der Waals surface area contributed by atoms with Crippen LogP contribution in [-0.4, -0.2) is 79.5 Å². The van der Waals surface area contributed by atoms with Gasteiger partial charge in [-0.1, -0.05) is 42.5 Å². The molecular formula is C30H29F3N4O5S. The maximum atomic E-state index is 13.4. The van der Waals surface area contributed by atoms with Crippen LogP contribution in [0.3, 0.4) is 0 Å². The molecule has 0 aromatic heterocycles. The number of carbonyl (C=O) groups excluding carboxylic acids is 3. The number of hydrogen-bond donors (Lipinski definition) is 1. The van der Waals surface area contributed by atoms with Crippen LogP contribution < -0.4 is 10.2 Å². The minimum Gasteiger partial charge on any atom is -0.296 e. The van der Waals surface area contributed by atoms with Gasteiger partial charge in [0.2, 0.25) is 21.8 Å². The molecule has 2 fully saturated rings. The van der Waals surface area contributed by atoms with Crippen LogP contribution in [0.4, 0.5) is 18.9 Å². The Bertz CT molecular complexity index is 1720. The van der Waals surface area contributed by atoms with Crippen LogP contribution in [0.5, 0.6) is 0 Å². The molecule has 0 bridgehead atoms. The van der Waals surface area contributed by atoms with E-state index in [1.807, 2.05) is 53.4 Å². The van der Waals surface area contributed by atoms with Gasteiger partial charge in [0, 0.05) is 50.1 Å². The van der Waals surface area contributed by atoms with Crippen molar-refractivity contribution in [3.05, 3.63) is 76.9 Å². The van der Waals surface area contributed by atoms with Crippen molar-refractivity contribution in [1.82, 2.24) is 14.5 Å². The number of alkyl halides is 3. The summed E-state index contributed by atoms with van der Waals surface area (Å²) >= 11 is 0. The largest absolute Gasteiger partial charge is 0.404 e. The Kier molecular flexibility index (Phi) is 7.51. The standard InChI is InChI=1S/C30H29F3N4O5S/c31-30(32,33)18-43(41,42)36-14-12-35(13-15-36)17-20-6-4-19(5-7-20)16-21-8-9-24-27-22(21)2-1-3-23(27)29(40)37(24)25-10-11-26(38)34-28(25)39/h1-9,25H,10-18H2,(H,34,38,39)/t25-/m0/s1. The first-order valence-electron chi connectivity index (χ1n) is 14.0. The molecule has 3 aliphatic rings. The van der Waals surface area contributed by atoms with Gasteiger partial charge in [-0.05, 0) is 47.1 Å². The van der Waals surface area contributed by atoms with E-state index < -0.39 is 33.9 Å². The molecule has 0 spiro atoms. The molecule has 3 aromatic carbocycles. The van der Waals surface area contributed by atoms with Crippen molar-refractivity contribution >= 4 is 44.2 Å². The van der Waals surface area contributed by atoms with E-state index in [1.54, 1.807) is 6.07 Å². The number of sulfonamides is 1. The number of anilines is 1. The molecule has 1 N–H and O–H groups in total. The molecule has 3 heterocycles. The highest BCUT2D eigenvalue weighted by Crippen LogP contribution is 2.41. The predicted octanol–water partition coefficient (Wildman–Crippen LogP) is 3.21. The number of piperidine rings is 1. The van der Waals surface area contributed by atoms with Crippen molar-refractivity contribution in [1.29, 1.82) is 0 Å². The highest BCUT2D eigenvalue weighted by atomic mass is 32.2. The van der Waals surface area contributed by atoms with Crippen molar-refractivity contribution in [3.8, 4) is 0 Å². The second-order valence-corrected chi connectivity index (χ2v) is 13.1. The van der Waals surface area contributed by atoms with E-state index in [2.05, 4.69) is 5.32 Å². The van der Waals surface area contributed by atoms with Gasteiger partial charge in [-0.15, -0.1) is 0 Å². The first-order valence-corrected chi connectivity index (χ1v) is 15.6. The minimum absolute atomic E-state index is 0.0189. The van der Waals surface area contributed by atoms with Crippen molar-refractivity contribution < 1.29 is 36.0 Å². The highest BCUT2D eigenvalue weighted by molar-refractivity contribution is 7.89. The normalized spacial score (nSPS) is 20.2. The van der Waals surface area contributed by atoms with Gasteiger partial charge >= 0.3 is 6.18 Å². The Labute approximate surface area is 246 Å². The molecule has 13 heteroatoms. The van der Waals surface area contributed by atoms with Crippen molar-refractivity contribution in [2.45, 2.75) is 38.0 Å². The van der Waals surface area contributed by atoms with Crippen molar-refractivity contribution in [2.24, 2.45) is 0 Å². The molecule has 226 valence electrons. The number of hydrogen-bond acceptors (Lipinski definition) is 6. The molecule has 1 atom stereocenters. The first-order chi connectivity index (χ1) is 20.4. The summed E-state index contributed by atoms with van der Waals surface area (Å²) in [5, 5.41) is 4.05. The van der Waals surface area contributed by atoms with E-state index in [0.717, 1.165) is 31.8 Å². The second-order valence-electron chi connectivity index (χ2n) is 11.2. The van der Waals surface area contributed by atoms with Gasteiger partial charge in [0.05, 0.1) is 5.69 Å². The van der Waals surface area contributed by atoms with E-state index in [1.165, 1.54) is 4.90 Å². The smallest absolute Gasteiger partial charge is 0.296 e. The van der Waals surface area contributed by atoms with E-state index in [-0.39, 0.29) is 37.7 Å². The number of nitrogens with one attached hydrogen (secondary N) is 1. The van der Waals surface area contributed by atoms with Crippen LogP contribution in [-0.2, 0) is 32.6 Å². The monoisotopic (exact) mass is 614 g/mol. The SMILES string of the molecule is O=C1CC[C@H](N2C(=O)c3cccc4c(Cc5ccc(CN6CCN(S(=O)(=O)CC(F)(F)F)CC6)cc5)ccc2c34)C(=O)N1. The van der Waals surface area contributed by atoms with Gasteiger partial charge in [-0.3, -0.25) is 29.5 Å². The summed E-state index contributed by atoms with van der Waals surface area (Å²) in [7, 11) is -4.38. The molecule has 9 nitrogen and oxygen atoms in total. The number of nitrogens with zero attached hydrogens (tertiary/aromatic N) is 3. The van der Waals surface area contributed by atoms with Crippen molar-refractivity contribution in [2.75, 3.05) is 36.8 Å². The highest BCUT2D eigenvalue weighted by Gasteiger charge is 2.41. The quantitative estimate of drug-likeness (QED) is 0.410. The number of benzene rings is 3. The fourth-order valence-electron chi connectivity index (χ4n) is 6.16. The third kappa shape index (κ3) is 5.89. The molecule has 2 saturated heterocycles. The molecule has 3 aliphatic heterocycles. The third-order valence-corrected chi connectivity index (χ3v) is 10.1.